The summed E-state index contributed by atoms with van der Waals surface area (Å²) in [5.74, 6) is -0.459. The fourth-order valence-corrected chi connectivity index (χ4v) is 4.43. The second-order valence-corrected chi connectivity index (χ2v) is 8.23. The zero-order valence-corrected chi connectivity index (χ0v) is 20.0. The molecule has 0 amide bonds. The monoisotopic (exact) mass is 472 g/mol. The number of hydrogen-bond acceptors (Lipinski definition) is 9. The standard InChI is InChI=1S/C24H33FN6O3/c1-4-30(5-2)21(10-13-32)31-11-8-17(9-12-31)28-24-27-15-19(23(26)29-24)22(33)18-14-16(25)6-7-20(18)34-3/h6-7,13-15,17,21H,4-5,8-12H2,1-3H3,(H3,26,27,28,29). The number of rotatable bonds is 11. The number of ether oxygens (including phenoxy) is 1. The Balaban J connectivity index is 1.65. The Kier molecular flexibility index (Phi) is 8.89. The summed E-state index contributed by atoms with van der Waals surface area (Å²) in [6, 6.07) is 3.86. The predicted octanol–water partition coefficient (Wildman–Crippen LogP) is 2.57. The lowest BCUT2D eigenvalue weighted by molar-refractivity contribution is -0.111. The van der Waals surface area contributed by atoms with Gasteiger partial charge in [0, 0.05) is 31.7 Å². The molecule has 1 unspecified atom stereocenters. The number of carbonyl (C=O) groups excluding carboxylic acids is 2. The number of carbonyl (C=O) groups is 2. The van der Waals surface area contributed by atoms with Gasteiger partial charge in [-0.1, -0.05) is 13.8 Å². The van der Waals surface area contributed by atoms with Gasteiger partial charge < -0.3 is 20.6 Å². The lowest BCUT2D eigenvalue weighted by Crippen LogP contribution is -2.52. The maximum atomic E-state index is 13.7. The highest BCUT2D eigenvalue weighted by Gasteiger charge is 2.28. The highest BCUT2D eigenvalue weighted by atomic mass is 19.1. The molecule has 2 heterocycles. The number of anilines is 2. The summed E-state index contributed by atoms with van der Waals surface area (Å²) in [5, 5.41) is 3.30. The number of methoxy groups -OCH3 is 1. The Labute approximate surface area is 199 Å². The first-order valence-corrected chi connectivity index (χ1v) is 11.6. The molecule has 0 aliphatic carbocycles. The quantitative estimate of drug-likeness (QED) is 0.376. The SMILES string of the molecule is CCN(CC)C(CC=O)N1CCC(Nc2ncc(C(=O)c3cc(F)ccc3OC)c(N)n2)CC1. The van der Waals surface area contributed by atoms with E-state index < -0.39 is 11.6 Å². The van der Waals surface area contributed by atoms with Gasteiger partial charge in [-0.3, -0.25) is 14.6 Å². The molecule has 0 bridgehead atoms. The van der Waals surface area contributed by atoms with Crippen LogP contribution in [-0.4, -0.2) is 77.3 Å². The van der Waals surface area contributed by atoms with Crippen LogP contribution in [0, 0.1) is 5.82 Å². The minimum atomic E-state index is -0.551. The number of nitrogen functional groups attached to an aromatic ring is 1. The molecular weight excluding hydrogens is 439 g/mol. The number of aromatic nitrogens is 2. The van der Waals surface area contributed by atoms with Crippen molar-refractivity contribution in [3.8, 4) is 5.75 Å². The number of benzene rings is 1. The molecule has 1 aliphatic heterocycles. The van der Waals surface area contributed by atoms with E-state index in [2.05, 4.69) is 38.9 Å². The maximum Gasteiger partial charge on any atom is 0.224 e. The molecule has 34 heavy (non-hydrogen) atoms. The third kappa shape index (κ3) is 5.87. The van der Waals surface area contributed by atoms with Gasteiger partial charge in [0.25, 0.3) is 0 Å². The summed E-state index contributed by atoms with van der Waals surface area (Å²) in [5.41, 5.74) is 6.20. The smallest absolute Gasteiger partial charge is 0.224 e. The first-order valence-electron chi connectivity index (χ1n) is 11.6. The summed E-state index contributed by atoms with van der Waals surface area (Å²) in [4.78, 5) is 37.3. The highest BCUT2D eigenvalue weighted by molar-refractivity contribution is 6.13. The summed E-state index contributed by atoms with van der Waals surface area (Å²) < 4.78 is 18.9. The number of likely N-dealkylation sites (tertiary alicyclic amines) is 1. The number of piperidine rings is 1. The molecule has 1 atom stereocenters. The molecule has 1 aromatic carbocycles. The Hall–Kier alpha value is -3.11. The van der Waals surface area contributed by atoms with Crippen molar-refractivity contribution in [3.63, 3.8) is 0 Å². The average Bonchev–Trinajstić information content (AvgIpc) is 2.84. The molecule has 9 nitrogen and oxygen atoms in total. The van der Waals surface area contributed by atoms with Gasteiger partial charge in [0.1, 0.15) is 23.7 Å². The van der Waals surface area contributed by atoms with Gasteiger partial charge in [0.15, 0.2) is 0 Å². The summed E-state index contributed by atoms with van der Waals surface area (Å²) in [6.45, 7) is 7.70. The number of nitrogens with two attached hydrogens (primary N) is 1. The molecule has 3 rings (SSSR count). The van der Waals surface area contributed by atoms with E-state index in [1.54, 1.807) is 0 Å². The van der Waals surface area contributed by atoms with Crippen LogP contribution in [0.15, 0.2) is 24.4 Å². The van der Waals surface area contributed by atoms with E-state index in [-0.39, 0.29) is 34.9 Å². The second-order valence-electron chi connectivity index (χ2n) is 8.23. The van der Waals surface area contributed by atoms with Gasteiger partial charge in [-0.05, 0) is 44.1 Å². The molecule has 10 heteroatoms. The van der Waals surface area contributed by atoms with Crippen LogP contribution in [0.2, 0.25) is 0 Å². The molecule has 1 aromatic heterocycles. The van der Waals surface area contributed by atoms with Gasteiger partial charge in [0.05, 0.1) is 24.4 Å². The van der Waals surface area contributed by atoms with Crippen LogP contribution in [0.4, 0.5) is 16.2 Å². The third-order valence-electron chi connectivity index (χ3n) is 6.29. The number of ketones is 1. The lowest BCUT2D eigenvalue weighted by Gasteiger charge is -2.42. The van der Waals surface area contributed by atoms with Crippen molar-refractivity contribution in [2.24, 2.45) is 0 Å². The molecule has 2 aromatic rings. The van der Waals surface area contributed by atoms with Gasteiger partial charge >= 0.3 is 0 Å². The Morgan fingerprint density at radius 3 is 2.62 bits per heavy atom. The minimum absolute atomic E-state index is 0.0128. The number of aldehydes is 1. The lowest BCUT2D eigenvalue weighted by atomic mass is 10.0. The van der Waals surface area contributed by atoms with E-state index in [4.69, 9.17) is 10.5 Å². The van der Waals surface area contributed by atoms with Crippen molar-refractivity contribution in [2.45, 2.75) is 45.3 Å². The Bertz CT molecular complexity index is 993. The molecule has 184 valence electrons. The second kappa shape index (κ2) is 11.8. The van der Waals surface area contributed by atoms with Crippen LogP contribution >= 0.6 is 0 Å². The van der Waals surface area contributed by atoms with E-state index in [0.717, 1.165) is 51.4 Å². The van der Waals surface area contributed by atoms with Crippen LogP contribution in [0.5, 0.6) is 5.75 Å². The number of nitrogens with zero attached hydrogens (tertiary/aromatic N) is 4. The topological polar surface area (TPSA) is 114 Å². The molecule has 1 aliphatic rings. The van der Waals surface area contributed by atoms with E-state index in [1.165, 1.54) is 25.4 Å². The fourth-order valence-electron chi connectivity index (χ4n) is 4.43. The fraction of sp³-hybridized carbons (Fsp3) is 0.500. The first-order chi connectivity index (χ1) is 16.4. The predicted molar refractivity (Wildman–Crippen MR) is 128 cm³/mol. The number of hydrogen-bond donors (Lipinski definition) is 2. The van der Waals surface area contributed by atoms with Crippen molar-refractivity contribution >= 4 is 23.8 Å². The van der Waals surface area contributed by atoms with Crippen LogP contribution in [-0.2, 0) is 4.79 Å². The van der Waals surface area contributed by atoms with Gasteiger partial charge in [0.2, 0.25) is 11.7 Å². The molecular formula is C24H33FN6O3. The van der Waals surface area contributed by atoms with Gasteiger partial charge in [-0.2, -0.15) is 4.98 Å². The normalized spacial score (nSPS) is 15.8. The van der Waals surface area contributed by atoms with Gasteiger partial charge in [-0.25, -0.2) is 9.37 Å². The molecule has 0 saturated carbocycles. The van der Waals surface area contributed by atoms with Crippen LogP contribution in [0.1, 0.15) is 49.0 Å². The molecule has 3 N–H and O–H groups in total. The van der Waals surface area contributed by atoms with Crippen molar-refractivity contribution in [3.05, 3.63) is 41.3 Å². The van der Waals surface area contributed by atoms with Crippen LogP contribution < -0.4 is 15.8 Å². The molecule has 1 saturated heterocycles. The van der Waals surface area contributed by atoms with Crippen molar-refractivity contribution < 1.29 is 18.7 Å². The van der Waals surface area contributed by atoms with Crippen LogP contribution in [0.25, 0.3) is 0 Å². The van der Waals surface area contributed by atoms with Crippen molar-refractivity contribution in [2.75, 3.05) is 44.3 Å². The zero-order valence-electron chi connectivity index (χ0n) is 20.0. The van der Waals surface area contributed by atoms with Crippen LogP contribution in [0.3, 0.4) is 0 Å². The Morgan fingerprint density at radius 2 is 2.03 bits per heavy atom. The van der Waals surface area contributed by atoms with Gasteiger partial charge in [-0.15, -0.1) is 0 Å². The summed E-state index contributed by atoms with van der Waals surface area (Å²) >= 11 is 0. The summed E-state index contributed by atoms with van der Waals surface area (Å²) in [7, 11) is 1.41. The first kappa shape index (κ1) is 25.5. The third-order valence-corrected chi connectivity index (χ3v) is 6.29. The minimum Gasteiger partial charge on any atom is -0.496 e. The van der Waals surface area contributed by atoms with Crippen molar-refractivity contribution in [1.29, 1.82) is 0 Å². The van der Waals surface area contributed by atoms with E-state index >= 15 is 0 Å². The van der Waals surface area contributed by atoms with Crippen molar-refractivity contribution in [1.82, 2.24) is 19.8 Å². The largest absolute Gasteiger partial charge is 0.496 e. The average molecular weight is 473 g/mol. The molecule has 1 fully saturated rings. The maximum absolute atomic E-state index is 13.7. The number of nitrogens with one attached hydrogen (secondary N) is 1. The highest BCUT2D eigenvalue weighted by Crippen LogP contribution is 2.25. The molecule has 0 radical (unpaired) electrons. The number of halogens is 1. The summed E-state index contributed by atoms with van der Waals surface area (Å²) in [6.07, 6.45) is 4.68. The zero-order chi connectivity index (χ0) is 24.7. The molecule has 0 spiro atoms. The Morgan fingerprint density at radius 1 is 1.32 bits per heavy atom. The van der Waals surface area contributed by atoms with E-state index in [0.29, 0.717) is 12.4 Å². The van der Waals surface area contributed by atoms with E-state index in [9.17, 15) is 14.0 Å². The van der Waals surface area contributed by atoms with E-state index in [1.807, 2.05) is 0 Å².